The van der Waals surface area contributed by atoms with Crippen molar-refractivity contribution in [3.05, 3.63) is 119 Å². The lowest BCUT2D eigenvalue weighted by molar-refractivity contribution is 0.201. The van der Waals surface area contributed by atoms with E-state index in [0.29, 0.717) is 24.7 Å². The number of nitrogens with one attached hydrogen (secondary N) is 2. The summed E-state index contributed by atoms with van der Waals surface area (Å²) in [5.74, 6) is 2.73. The van der Waals surface area contributed by atoms with E-state index in [1.54, 1.807) is 20.3 Å². The first-order chi connectivity index (χ1) is 24.5. The van der Waals surface area contributed by atoms with Gasteiger partial charge in [0.1, 0.15) is 18.1 Å². The van der Waals surface area contributed by atoms with Crippen molar-refractivity contribution in [2.24, 2.45) is 0 Å². The number of methoxy groups -OCH3 is 2. The van der Waals surface area contributed by atoms with E-state index >= 15 is 0 Å². The van der Waals surface area contributed by atoms with Crippen molar-refractivity contribution in [1.29, 1.82) is 0 Å². The summed E-state index contributed by atoms with van der Waals surface area (Å²) in [5.41, 5.74) is 2.95. The Kier molecular flexibility index (Phi) is 30.5. The molecule has 2 heterocycles. The Balaban J connectivity index is 0. The Hall–Kier alpha value is -4.30. The number of rotatable bonds is 12. The zero-order valence-electron chi connectivity index (χ0n) is 33.3. The van der Waals surface area contributed by atoms with Crippen LogP contribution in [0.3, 0.4) is 0 Å². The highest BCUT2D eigenvalue weighted by Gasteiger charge is 2.19. The zero-order valence-corrected chi connectivity index (χ0v) is 33.3. The van der Waals surface area contributed by atoms with Crippen LogP contribution in [0.2, 0.25) is 0 Å². The minimum absolute atomic E-state index is 0.0756. The maximum atomic E-state index is 13.0. The molecule has 2 N–H and O–H groups in total. The second kappa shape index (κ2) is 31.9. The highest BCUT2D eigenvalue weighted by atomic mass is 16.5. The highest BCUT2D eigenvalue weighted by molar-refractivity contribution is 5.43. The molecule has 1 aromatic heterocycles. The number of ether oxygens (including phenoxy) is 3. The molecule has 2 aromatic carbocycles. The van der Waals surface area contributed by atoms with Gasteiger partial charge in [-0.05, 0) is 56.5 Å². The predicted molar refractivity (Wildman–Crippen MR) is 216 cm³/mol. The molecule has 1 aliphatic heterocycles. The topological polar surface area (TPSA) is 86.6 Å². The van der Waals surface area contributed by atoms with Crippen molar-refractivity contribution in [1.82, 2.24) is 14.9 Å². The average Bonchev–Trinajstić information content (AvgIpc) is 3.20. The van der Waals surface area contributed by atoms with E-state index < -0.39 is 0 Å². The predicted octanol–water partition coefficient (Wildman–Crippen LogP) is 10.3. The Morgan fingerprint density at radius 3 is 2.24 bits per heavy atom. The van der Waals surface area contributed by atoms with Crippen LogP contribution in [0.5, 0.6) is 11.5 Å². The lowest BCUT2D eigenvalue weighted by Gasteiger charge is -2.25. The molecule has 1 aliphatic rings. The molecule has 8 nitrogen and oxygen atoms in total. The molecule has 280 valence electrons. The molecule has 1 unspecified atom stereocenters. The van der Waals surface area contributed by atoms with Crippen LogP contribution in [0.15, 0.2) is 96.2 Å². The van der Waals surface area contributed by atoms with Crippen LogP contribution in [-0.2, 0) is 24.3 Å². The molecular formula is C42H68N4O4. The fourth-order valence-corrected chi connectivity index (χ4v) is 4.46. The van der Waals surface area contributed by atoms with Gasteiger partial charge in [-0.3, -0.25) is 4.79 Å². The molecular weight excluding hydrogens is 624 g/mol. The van der Waals surface area contributed by atoms with Gasteiger partial charge in [0.05, 0.1) is 25.7 Å². The Bertz CT molecular complexity index is 1380. The van der Waals surface area contributed by atoms with Crippen LogP contribution in [0.4, 0.5) is 5.82 Å². The summed E-state index contributed by atoms with van der Waals surface area (Å²) in [7, 11) is 3.24. The number of hydrogen-bond acceptors (Lipinski definition) is 7. The van der Waals surface area contributed by atoms with Crippen molar-refractivity contribution in [2.45, 2.75) is 108 Å². The first kappa shape index (κ1) is 47.8. The molecule has 0 amide bonds. The van der Waals surface area contributed by atoms with Crippen molar-refractivity contribution in [3.63, 3.8) is 0 Å². The molecule has 50 heavy (non-hydrogen) atoms. The number of benzene rings is 2. The average molecular weight is 693 g/mol. The molecule has 0 radical (unpaired) electrons. The van der Waals surface area contributed by atoms with Gasteiger partial charge in [-0.1, -0.05) is 117 Å². The van der Waals surface area contributed by atoms with Gasteiger partial charge >= 0.3 is 0 Å². The monoisotopic (exact) mass is 693 g/mol. The quantitative estimate of drug-likeness (QED) is 0.144. The van der Waals surface area contributed by atoms with Gasteiger partial charge in [0.2, 0.25) is 0 Å². The summed E-state index contributed by atoms with van der Waals surface area (Å²) in [5, 5.41) is 6.58. The van der Waals surface area contributed by atoms with E-state index in [9.17, 15) is 4.79 Å². The van der Waals surface area contributed by atoms with Gasteiger partial charge in [0.25, 0.3) is 5.56 Å². The summed E-state index contributed by atoms with van der Waals surface area (Å²) in [6, 6.07) is 15.9. The third-order valence-electron chi connectivity index (χ3n) is 6.84. The fourth-order valence-electron chi connectivity index (χ4n) is 4.46. The fraction of sp³-hybridized carbons (Fsp3) is 0.476. The molecule has 0 aliphatic carbocycles. The maximum Gasteiger partial charge on any atom is 0.293 e. The molecule has 0 spiro atoms. The van der Waals surface area contributed by atoms with Crippen LogP contribution in [0, 0.1) is 0 Å². The van der Waals surface area contributed by atoms with Gasteiger partial charge < -0.3 is 29.4 Å². The lowest BCUT2D eigenvalue weighted by atomic mass is 10.1. The molecule has 1 fully saturated rings. The van der Waals surface area contributed by atoms with E-state index in [1.807, 2.05) is 147 Å². The zero-order chi connectivity index (χ0) is 38.2. The summed E-state index contributed by atoms with van der Waals surface area (Å²) in [4.78, 5) is 17.5. The van der Waals surface area contributed by atoms with Crippen LogP contribution in [0.1, 0.15) is 105 Å². The minimum Gasteiger partial charge on any atom is -0.497 e. The SMILES string of the molecule is C=C/C=C\C=C(/C)OCc1ccccc1.CC.CC.CC.CC.CCc1cn(C2CCCNC2)c(=O)c(NCc2ccc(OC)cc2OC)n1. The normalized spacial score (nSPS) is 13.0. The van der Waals surface area contributed by atoms with E-state index in [0.717, 1.165) is 55.1 Å². The van der Waals surface area contributed by atoms with Gasteiger partial charge in [0, 0.05) is 37.0 Å². The van der Waals surface area contributed by atoms with Crippen LogP contribution < -0.4 is 25.7 Å². The Morgan fingerprint density at radius 2 is 1.68 bits per heavy atom. The van der Waals surface area contributed by atoms with E-state index in [-0.39, 0.29) is 11.6 Å². The highest BCUT2D eigenvalue weighted by Crippen LogP contribution is 2.25. The number of hydrogen-bond donors (Lipinski definition) is 2. The lowest BCUT2D eigenvalue weighted by Crippen LogP contribution is -2.37. The Morgan fingerprint density at radius 1 is 1.00 bits per heavy atom. The van der Waals surface area contributed by atoms with Crippen molar-refractivity contribution in [3.8, 4) is 11.5 Å². The summed E-state index contributed by atoms with van der Waals surface area (Å²) >= 11 is 0. The maximum absolute atomic E-state index is 13.0. The molecule has 3 aromatic rings. The van der Waals surface area contributed by atoms with Crippen molar-refractivity contribution >= 4 is 5.82 Å². The molecule has 0 saturated carbocycles. The van der Waals surface area contributed by atoms with Gasteiger partial charge in [-0.25, -0.2) is 4.98 Å². The van der Waals surface area contributed by atoms with Gasteiger partial charge in [-0.2, -0.15) is 0 Å². The van der Waals surface area contributed by atoms with Crippen molar-refractivity contribution in [2.75, 3.05) is 32.6 Å². The third-order valence-corrected chi connectivity index (χ3v) is 6.84. The van der Waals surface area contributed by atoms with E-state index in [2.05, 4.69) is 22.2 Å². The second-order valence-corrected chi connectivity index (χ2v) is 9.85. The first-order valence-corrected chi connectivity index (χ1v) is 18.4. The first-order valence-electron chi connectivity index (χ1n) is 18.4. The number of aromatic nitrogens is 2. The standard InChI is InChI=1S/C20H28N4O3.C14H16O.4C2H6/c1-4-15-13-24(16-6-5-9-21-12-16)20(25)19(23-15)22-11-14-7-8-17(26-2)10-18(14)27-3;1-3-4-6-9-13(2)15-12-14-10-7-5-8-11-14;4*1-2/h7-8,10,13,16,21H,4-6,9,11-12H2,1-3H3,(H,22,23);3-11H,1,12H2,2H3;4*1-2H3/b;6-4-,13-9+;;;;. The molecule has 1 saturated heterocycles. The summed E-state index contributed by atoms with van der Waals surface area (Å²) < 4.78 is 18.1. The van der Waals surface area contributed by atoms with E-state index in [4.69, 9.17) is 14.2 Å². The van der Waals surface area contributed by atoms with Crippen molar-refractivity contribution < 1.29 is 14.2 Å². The van der Waals surface area contributed by atoms with Gasteiger partial charge in [0.15, 0.2) is 5.82 Å². The van der Waals surface area contributed by atoms with Crippen LogP contribution >= 0.6 is 0 Å². The number of nitrogens with zero attached hydrogens (tertiary/aromatic N) is 2. The smallest absolute Gasteiger partial charge is 0.293 e. The minimum atomic E-state index is -0.0756. The van der Waals surface area contributed by atoms with E-state index in [1.165, 1.54) is 5.56 Å². The largest absolute Gasteiger partial charge is 0.497 e. The number of anilines is 1. The number of allylic oxidation sites excluding steroid dienone is 5. The second-order valence-electron chi connectivity index (χ2n) is 9.85. The number of piperidine rings is 1. The summed E-state index contributed by atoms with van der Waals surface area (Å²) in [6.07, 6.45) is 12.2. The van der Waals surface area contributed by atoms with Gasteiger partial charge in [-0.15, -0.1) is 0 Å². The van der Waals surface area contributed by atoms with Crippen LogP contribution in [-0.4, -0.2) is 36.9 Å². The molecule has 0 bridgehead atoms. The molecule has 1 atom stereocenters. The molecule has 4 rings (SSSR count). The molecule has 8 heteroatoms. The summed E-state index contributed by atoms with van der Waals surface area (Å²) in [6.45, 7) is 26.5. The third kappa shape index (κ3) is 18.5. The number of aryl methyl sites for hydroxylation is 1. The Labute approximate surface area is 304 Å². The van der Waals surface area contributed by atoms with Crippen LogP contribution in [0.25, 0.3) is 0 Å².